The lowest BCUT2D eigenvalue weighted by atomic mass is 10.0. The van der Waals surface area contributed by atoms with Gasteiger partial charge in [0.05, 0.1) is 11.3 Å². The molecule has 0 amide bonds. The molecule has 1 saturated heterocycles. The Balaban J connectivity index is 2.26. The average Bonchev–Trinajstić information content (AvgIpc) is 2.40. The molecular weight excluding hydrogens is 299 g/mol. The number of anilines is 1. The summed E-state index contributed by atoms with van der Waals surface area (Å²) in [5, 5.41) is 9.02. The SMILES string of the molecule is C[C@@H]1CCCN(S(=O)(=O)Nc2ccc(F)cc2C(=O)O)C1. The van der Waals surface area contributed by atoms with Gasteiger partial charge in [0, 0.05) is 13.1 Å². The zero-order valence-electron chi connectivity index (χ0n) is 11.5. The number of hydrogen-bond acceptors (Lipinski definition) is 3. The number of nitrogens with one attached hydrogen (secondary N) is 1. The first kappa shape index (κ1) is 15.7. The minimum Gasteiger partial charge on any atom is -0.478 e. The maximum atomic E-state index is 13.1. The normalized spacial score (nSPS) is 20.2. The van der Waals surface area contributed by atoms with E-state index in [1.165, 1.54) is 4.31 Å². The number of rotatable bonds is 4. The zero-order valence-corrected chi connectivity index (χ0v) is 12.4. The van der Waals surface area contributed by atoms with Gasteiger partial charge in [0.2, 0.25) is 0 Å². The first-order chi connectivity index (χ1) is 9.79. The predicted molar refractivity (Wildman–Crippen MR) is 75.9 cm³/mol. The van der Waals surface area contributed by atoms with Crippen LogP contribution in [0.3, 0.4) is 0 Å². The molecule has 116 valence electrons. The quantitative estimate of drug-likeness (QED) is 0.888. The lowest BCUT2D eigenvalue weighted by Gasteiger charge is -2.30. The minimum absolute atomic E-state index is 0.137. The summed E-state index contributed by atoms with van der Waals surface area (Å²) in [7, 11) is -3.84. The molecule has 8 heteroatoms. The van der Waals surface area contributed by atoms with Crippen molar-refractivity contribution in [2.24, 2.45) is 5.92 Å². The summed E-state index contributed by atoms with van der Waals surface area (Å²) < 4.78 is 41.2. The Bertz CT molecular complexity index is 648. The van der Waals surface area contributed by atoms with E-state index < -0.39 is 27.6 Å². The van der Waals surface area contributed by atoms with Crippen molar-refractivity contribution in [1.29, 1.82) is 0 Å². The average molecular weight is 316 g/mol. The topological polar surface area (TPSA) is 86.7 Å². The van der Waals surface area contributed by atoms with Crippen molar-refractivity contribution in [1.82, 2.24) is 4.31 Å². The Labute approximate surface area is 122 Å². The number of nitrogens with zero attached hydrogens (tertiary/aromatic N) is 1. The monoisotopic (exact) mass is 316 g/mol. The molecule has 0 aromatic heterocycles. The highest BCUT2D eigenvalue weighted by Gasteiger charge is 2.28. The summed E-state index contributed by atoms with van der Waals surface area (Å²) in [6.07, 6.45) is 1.72. The molecule has 1 aromatic rings. The van der Waals surface area contributed by atoms with Gasteiger partial charge in [0.25, 0.3) is 0 Å². The fourth-order valence-electron chi connectivity index (χ4n) is 2.35. The Morgan fingerprint density at radius 2 is 2.19 bits per heavy atom. The van der Waals surface area contributed by atoms with Crippen molar-refractivity contribution < 1.29 is 22.7 Å². The second kappa shape index (κ2) is 5.98. The molecular formula is C13H17FN2O4S. The lowest BCUT2D eigenvalue weighted by molar-refractivity contribution is 0.0697. The summed E-state index contributed by atoms with van der Waals surface area (Å²) >= 11 is 0. The molecule has 2 N–H and O–H groups in total. The van der Waals surface area contributed by atoms with Crippen molar-refractivity contribution in [3.8, 4) is 0 Å². The minimum atomic E-state index is -3.84. The number of carboxylic acids is 1. The van der Waals surface area contributed by atoms with Gasteiger partial charge in [-0.25, -0.2) is 9.18 Å². The van der Waals surface area contributed by atoms with E-state index in [9.17, 15) is 17.6 Å². The first-order valence-electron chi connectivity index (χ1n) is 6.60. The van der Waals surface area contributed by atoms with Crippen LogP contribution in [-0.2, 0) is 10.2 Å². The van der Waals surface area contributed by atoms with Crippen LogP contribution in [0.25, 0.3) is 0 Å². The van der Waals surface area contributed by atoms with Crippen molar-refractivity contribution in [3.63, 3.8) is 0 Å². The number of aromatic carboxylic acids is 1. The third-order valence-corrected chi connectivity index (χ3v) is 4.90. The number of hydrogen-bond donors (Lipinski definition) is 2. The number of carbonyl (C=O) groups is 1. The fraction of sp³-hybridized carbons (Fsp3) is 0.462. The van der Waals surface area contributed by atoms with Gasteiger partial charge in [-0.2, -0.15) is 12.7 Å². The third kappa shape index (κ3) is 3.70. The van der Waals surface area contributed by atoms with E-state index in [1.807, 2.05) is 6.92 Å². The molecule has 1 fully saturated rings. The molecule has 0 saturated carbocycles. The van der Waals surface area contributed by atoms with E-state index in [1.54, 1.807) is 0 Å². The number of carboxylic acid groups (broad SMARTS) is 1. The molecule has 1 atom stereocenters. The van der Waals surface area contributed by atoms with Gasteiger partial charge >= 0.3 is 16.2 Å². The molecule has 1 aliphatic heterocycles. The second-order valence-corrected chi connectivity index (χ2v) is 6.88. The molecule has 21 heavy (non-hydrogen) atoms. The maximum absolute atomic E-state index is 13.1. The van der Waals surface area contributed by atoms with Crippen molar-refractivity contribution in [2.45, 2.75) is 19.8 Å². The fourth-order valence-corrected chi connectivity index (χ4v) is 3.76. The zero-order chi connectivity index (χ0) is 15.6. The van der Waals surface area contributed by atoms with E-state index in [-0.39, 0.29) is 11.6 Å². The number of benzene rings is 1. The van der Waals surface area contributed by atoms with Gasteiger partial charge in [-0.1, -0.05) is 6.92 Å². The van der Waals surface area contributed by atoms with Crippen LogP contribution in [0, 0.1) is 11.7 Å². The van der Waals surface area contributed by atoms with Gasteiger partial charge in [-0.3, -0.25) is 4.72 Å². The van der Waals surface area contributed by atoms with Crippen LogP contribution in [-0.4, -0.2) is 36.9 Å². The molecule has 1 aliphatic rings. The molecule has 1 aromatic carbocycles. The van der Waals surface area contributed by atoms with Crippen LogP contribution in [0.4, 0.5) is 10.1 Å². The largest absolute Gasteiger partial charge is 0.478 e. The van der Waals surface area contributed by atoms with E-state index in [4.69, 9.17) is 5.11 Å². The highest BCUT2D eigenvalue weighted by atomic mass is 32.2. The van der Waals surface area contributed by atoms with Gasteiger partial charge in [0.15, 0.2) is 0 Å². The second-order valence-electron chi connectivity index (χ2n) is 5.21. The first-order valence-corrected chi connectivity index (χ1v) is 8.04. The van der Waals surface area contributed by atoms with Crippen molar-refractivity contribution in [2.75, 3.05) is 17.8 Å². The van der Waals surface area contributed by atoms with Gasteiger partial charge in [0.1, 0.15) is 5.82 Å². The highest BCUT2D eigenvalue weighted by Crippen LogP contribution is 2.23. The van der Waals surface area contributed by atoms with E-state index in [0.717, 1.165) is 31.0 Å². The van der Waals surface area contributed by atoms with Gasteiger partial charge < -0.3 is 5.11 Å². The molecule has 0 aliphatic carbocycles. The van der Waals surface area contributed by atoms with Gasteiger partial charge in [-0.05, 0) is 37.0 Å². The predicted octanol–water partition coefficient (Wildman–Crippen LogP) is 1.91. The third-order valence-electron chi connectivity index (χ3n) is 3.41. The summed E-state index contributed by atoms with van der Waals surface area (Å²) in [4.78, 5) is 11.1. The van der Waals surface area contributed by atoms with Crippen LogP contribution in [0.1, 0.15) is 30.1 Å². The molecule has 2 rings (SSSR count). The maximum Gasteiger partial charge on any atom is 0.337 e. The van der Waals surface area contributed by atoms with E-state index in [0.29, 0.717) is 13.1 Å². The Morgan fingerprint density at radius 1 is 1.48 bits per heavy atom. The molecule has 6 nitrogen and oxygen atoms in total. The molecule has 0 unspecified atom stereocenters. The standard InChI is InChI=1S/C13H17FN2O4S/c1-9-3-2-6-16(8-9)21(19,20)15-12-5-4-10(14)7-11(12)13(17)18/h4-5,7,9,15H,2-3,6,8H2,1H3,(H,17,18)/t9-/m1/s1. The van der Waals surface area contributed by atoms with E-state index >= 15 is 0 Å². The summed E-state index contributed by atoms with van der Waals surface area (Å²) in [6.45, 7) is 2.74. The summed E-state index contributed by atoms with van der Waals surface area (Å²) in [5.41, 5.74) is -0.550. The lowest BCUT2D eigenvalue weighted by Crippen LogP contribution is -2.42. The highest BCUT2D eigenvalue weighted by molar-refractivity contribution is 7.90. The van der Waals surface area contributed by atoms with Crippen molar-refractivity contribution >= 4 is 21.9 Å². The smallest absolute Gasteiger partial charge is 0.337 e. The van der Waals surface area contributed by atoms with Crippen LogP contribution in [0.2, 0.25) is 0 Å². The molecule has 0 spiro atoms. The Kier molecular flexibility index (Phi) is 4.48. The summed E-state index contributed by atoms with van der Waals surface area (Å²) in [5.74, 6) is -1.87. The molecule has 0 bridgehead atoms. The Hall–Kier alpha value is -1.67. The van der Waals surface area contributed by atoms with Crippen LogP contribution >= 0.6 is 0 Å². The van der Waals surface area contributed by atoms with Crippen LogP contribution in [0.15, 0.2) is 18.2 Å². The van der Waals surface area contributed by atoms with E-state index in [2.05, 4.69) is 4.72 Å². The van der Waals surface area contributed by atoms with Crippen molar-refractivity contribution in [3.05, 3.63) is 29.6 Å². The molecule has 0 radical (unpaired) electrons. The van der Waals surface area contributed by atoms with Gasteiger partial charge in [-0.15, -0.1) is 0 Å². The number of halogens is 1. The van der Waals surface area contributed by atoms with Crippen LogP contribution < -0.4 is 4.72 Å². The summed E-state index contributed by atoms with van der Waals surface area (Å²) in [6, 6.07) is 2.92. The van der Waals surface area contributed by atoms with Crippen LogP contribution in [0.5, 0.6) is 0 Å². The number of piperidine rings is 1. The Morgan fingerprint density at radius 3 is 2.81 bits per heavy atom. The molecule has 1 heterocycles.